The van der Waals surface area contributed by atoms with Gasteiger partial charge in [-0.15, -0.1) is 13.2 Å². The van der Waals surface area contributed by atoms with Gasteiger partial charge in [-0.3, -0.25) is 4.79 Å². The maximum Gasteiger partial charge on any atom is 0.573 e. The largest absolute Gasteiger partial charge is 0.573 e. The SMILES string of the molecule is O=C(COC1CCNCC1)NCc1ccccc1OC(F)(F)F. The van der Waals surface area contributed by atoms with Gasteiger partial charge in [0.2, 0.25) is 5.91 Å². The number of halogens is 3. The van der Waals surface area contributed by atoms with Gasteiger partial charge in [0, 0.05) is 12.1 Å². The molecule has 0 saturated carbocycles. The predicted molar refractivity (Wildman–Crippen MR) is 76.8 cm³/mol. The van der Waals surface area contributed by atoms with Gasteiger partial charge in [0.05, 0.1) is 6.10 Å². The van der Waals surface area contributed by atoms with E-state index in [-0.39, 0.29) is 36.5 Å². The summed E-state index contributed by atoms with van der Waals surface area (Å²) in [6.45, 7) is 1.55. The Kier molecular flexibility index (Phi) is 6.23. The van der Waals surface area contributed by atoms with Gasteiger partial charge in [0.1, 0.15) is 12.4 Å². The third-order valence-electron chi connectivity index (χ3n) is 3.41. The molecule has 0 spiro atoms. The van der Waals surface area contributed by atoms with Crippen LogP contribution in [-0.2, 0) is 16.1 Å². The summed E-state index contributed by atoms with van der Waals surface area (Å²) in [4.78, 5) is 11.7. The maximum atomic E-state index is 12.3. The van der Waals surface area contributed by atoms with Gasteiger partial charge in [-0.05, 0) is 32.0 Å². The molecule has 1 fully saturated rings. The second-order valence-electron chi connectivity index (χ2n) is 5.19. The highest BCUT2D eigenvalue weighted by molar-refractivity contribution is 5.77. The van der Waals surface area contributed by atoms with Gasteiger partial charge >= 0.3 is 6.36 Å². The van der Waals surface area contributed by atoms with Crippen molar-refractivity contribution < 1.29 is 27.4 Å². The lowest BCUT2D eigenvalue weighted by atomic mass is 10.1. The minimum atomic E-state index is -4.77. The molecular weight excluding hydrogens is 313 g/mol. The lowest BCUT2D eigenvalue weighted by Crippen LogP contribution is -2.35. The van der Waals surface area contributed by atoms with Gasteiger partial charge in [-0.1, -0.05) is 18.2 Å². The number of ether oxygens (including phenoxy) is 2. The van der Waals surface area contributed by atoms with E-state index in [0.29, 0.717) is 0 Å². The Morgan fingerprint density at radius 2 is 1.96 bits per heavy atom. The number of rotatable bonds is 6. The van der Waals surface area contributed by atoms with E-state index in [0.717, 1.165) is 25.9 Å². The molecular formula is C15H19F3N2O3. The van der Waals surface area contributed by atoms with E-state index in [9.17, 15) is 18.0 Å². The summed E-state index contributed by atoms with van der Waals surface area (Å²) in [7, 11) is 0. The van der Waals surface area contributed by atoms with E-state index in [4.69, 9.17) is 4.74 Å². The van der Waals surface area contributed by atoms with Crippen LogP contribution in [0.2, 0.25) is 0 Å². The van der Waals surface area contributed by atoms with Crippen LogP contribution in [0.5, 0.6) is 5.75 Å². The molecule has 5 nitrogen and oxygen atoms in total. The molecule has 0 aromatic heterocycles. The fraction of sp³-hybridized carbons (Fsp3) is 0.533. The number of carbonyl (C=O) groups excluding carboxylic acids is 1. The molecule has 23 heavy (non-hydrogen) atoms. The van der Waals surface area contributed by atoms with Gasteiger partial charge < -0.3 is 20.1 Å². The van der Waals surface area contributed by atoms with E-state index in [2.05, 4.69) is 15.4 Å². The molecule has 1 aromatic rings. The summed E-state index contributed by atoms with van der Waals surface area (Å²) in [5.41, 5.74) is 0.250. The van der Waals surface area contributed by atoms with Crippen molar-refractivity contribution in [1.82, 2.24) is 10.6 Å². The Bertz CT molecular complexity index is 517. The molecule has 128 valence electrons. The standard InChI is InChI=1S/C15H19F3N2O3/c16-15(17,18)23-13-4-2-1-3-11(13)9-20-14(21)10-22-12-5-7-19-8-6-12/h1-4,12,19H,5-10H2,(H,20,21). The van der Waals surface area contributed by atoms with Crippen molar-refractivity contribution in [2.75, 3.05) is 19.7 Å². The van der Waals surface area contributed by atoms with Crippen LogP contribution >= 0.6 is 0 Å². The van der Waals surface area contributed by atoms with Crippen molar-refractivity contribution in [3.63, 3.8) is 0 Å². The quantitative estimate of drug-likeness (QED) is 0.836. The van der Waals surface area contributed by atoms with Gasteiger partial charge in [-0.25, -0.2) is 0 Å². The van der Waals surface area contributed by atoms with Crippen molar-refractivity contribution in [1.29, 1.82) is 0 Å². The Morgan fingerprint density at radius 1 is 1.26 bits per heavy atom. The second-order valence-corrected chi connectivity index (χ2v) is 5.19. The smallest absolute Gasteiger partial charge is 0.405 e. The zero-order valence-electron chi connectivity index (χ0n) is 12.5. The van der Waals surface area contributed by atoms with E-state index < -0.39 is 6.36 Å². The summed E-state index contributed by atoms with van der Waals surface area (Å²) in [5, 5.41) is 5.73. The average molecular weight is 332 g/mol. The number of hydrogen-bond acceptors (Lipinski definition) is 4. The molecule has 0 unspecified atom stereocenters. The Morgan fingerprint density at radius 3 is 2.65 bits per heavy atom. The summed E-state index contributed by atoms with van der Waals surface area (Å²) in [6.07, 6.45) is -3.04. The van der Waals surface area contributed by atoms with Crippen LogP contribution in [0.1, 0.15) is 18.4 Å². The lowest BCUT2D eigenvalue weighted by Gasteiger charge is -2.22. The van der Waals surface area contributed by atoms with Crippen LogP contribution < -0.4 is 15.4 Å². The fourth-order valence-corrected chi connectivity index (χ4v) is 2.27. The van der Waals surface area contributed by atoms with Crippen LogP contribution in [0.4, 0.5) is 13.2 Å². The molecule has 1 heterocycles. The first-order valence-electron chi connectivity index (χ1n) is 7.37. The molecule has 2 N–H and O–H groups in total. The molecule has 1 aromatic carbocycles. The lowest BCUT2D eigenvalue weighted by molar-refractivity contribution is -0.274. The van der Waals surface area contributed by atoms with Crippen LogP contribution in [0.3, 0.4) is 0 Å². The number of carbonyl (C=O) groups is 1. The number of benzene rings is 1. The Labute approximate surface area is 132 Å². The molecule has 1 aliphatic heterocycles. The van der Waals surface area contributed by atoms with Gasteiger partial charge in [-0.2, -0.15) is 0 Å². The van der Waals surface area contributed by atoms with Crippen molar-refractivity contribution in [3.05, 3.63) is 29.8 Å². The van der Waals surface area contributed by atoms with E-state index >= 15 is 0 Å². The fourth-order valence-electron chi connectivity index (χ4n) is 2.27. The highest BCUT2D eigenvalue weighted by Gasteiger charge is 2.32. The molecule has 2 rings (SSSR count). The third-order valence-corrected chi connectivity index (χ3v) is 3.41. The van der Waals surface area contributed by atoms with E-state index in [1.165, 1.54) is 18.2 Å². The number of amides is 1. The maximum absolute atomic E-state index is 12.3. The summed E-state index contributed by atoms with van der Waals surface area (Å²) in [5.74, 6) is -0.690. The zero-order valence-corrected chi connectivity index (χ0v) is 12.5. The second kappa shape index (κ2) is 8.16. The Hall–Kier alpha value is -1.80. The number of hydrogen-bond donors (Lipinski definition) is 2. The van der Waals surface area contributed by atoms with Crippen LogP contribution in [-0.4, -0.2) is 38.1 Å². The van der Waals surface area contributed by atoms with Crippen LogP contribution in [0, 0.1) is 0 Å². The van der Waals surface area contributed by atoms with Gasteiger partial charge in [0.25, 0.3) is 0 Å². The van der Waals surface area contributed by atoms with E-state index in [1.807, 2.05) is 0 Å². The summed E-state index contributed by atoms with van der Waals surface area (Å²) < 4.78 is 46.3. The number of nitrogens with one attached hydrogen (secondary N) is 2. The Balaban J connectivity index is 1.79. The number of piperidine rings is 1. The molecule has 0 bridgehead atoms. The monoisotopic (exact) mass is 332 g/mol. The average Bonchev–Trinajstić information content (AvgIpc) is 2.51. The molecule has 1 amide bonds. The molecule has 0 atom stereocenters. The first-order valence-corrected chi connectivity index (χ1v) is 7.37. The first kappa shape index (κ1) is 17.6. The van der Waals surface area contributed by atoms with Crippen molar-refractivity contribution in [2.45, 2.75) is 31.9 Å². The predicted octanol–water partition coefficient (Wildman–Crippen LogP) is 1.97. The molecule has 0 aliphatic carbocycles. The van der Waals surface area contributed by atoms with Crippen molar-refractivity contribution in [3.8, 4) is 5.75 Å². The van der Waals surface area contributed by atoms with Crippen LogP contribution in [0.15, 0.2) is 24.3 Å². The molecule has 0 radical (unpaired) electrons. The highest BCUT2D eigenvalue weighted by atomic mass is 19.4. The van der Waals surface area contributed by atoms with E-state index in [1.54, 1.807) is 6.07 Å². The topological polar surface area (TPSA) is 59.6 Å². The van der Waals surface area contributed by atoms with Crippen molar-refractivity contribution in [2.24, 2.45) is 0 Å². The zero-order chi connectivity index (χ0) is 16.7. The molecule has 1 saturated heterocycles. The normalized spacial score (nSPS) is 16.1. The minimum Gasteiger partial charge on any atom is -0.405 e. The number of alkyl halides is 3. The first-order chi connectivity index (χ1) is 10.9. The molecule has 8 heteroatoms. The van der Waals surface area contributed by atoms with Crippen LogP contribution in [0.25, 0.3) is 0 Å². The highest BCUT2D eigenvalue weighted by Crippen LogP contribution is 2.26. The van der Waals surface area contributed by atoms with Gasteiger partial charge in [0.15, 0.2) is 0 Å². The number of para-hydroxylation sites is 1. The summed E-state index contributed by atoms with van der Waals surface area (Å²) in [6, 6.07) is 5.69. The third kappa shape index (κ3) is 6.45. The minimum absolute atomic E-state index is 0.0443. The van der Waals surface area contributed by atoms with Crippen molar-refractivity contribution >= 4 is 5.91 Å². The summed E-state index contributed by atoms with van der Waals surface area (Å²) >= 11 is 0. The molecule has 1 aliphatic rings.